The molecule has 1 amide bonds. The Bertz CT molecular complexity index is 970. The minimum absolute atomic E-state index is 0.129. The maximum absolute atomic E-state index is 12.9. The van der Waals surface area contributed by atoms with E-state index in [1.54, 1.807) is 36.4 Å². The van der Waals surface area contributed by atoms with Gasteiger partial charge in [0.05, 0.1) is 16.5 Å². The van der Waals surface area contributed by atoms with E-state index in [-0.39, 0.29) is 10.5 Å². The third-order valence-electron chi connectivity index (χ3n) is 4.75. The van der Waals surface area contributed by atoms with Crippen LogP contribution in [0.15, 0.2) is 53.4 Å². The van der Waals surface area contributed by atoms with Gasteiger partial charge in [0.1, 0.15) is 0 Å². The zero-order valence-electron chi connectivity index (χ0n) is 15.1. The largest absolute Gasteiger partial charge is 0.322 e. The second-order valence-electron chi connectivity index (χ2n) is 6.76. The second kappa shape index (κ2) is 7.91. The Hall–Kier alpha value is -2.69. The lowest BCUT2D eigenvalue weighted by Gasteiger charge is -2.29. The van der Waals surface area contributed by atoms with E-state index in [0.717, 1.165) is 12.8 Å². The lowest BCUT2D eigenvalue weighted by atomic mass is 10.0. The zero-order valence-corrected chi connectivity index (χ0v) is 15.9. The van der Waals surface area contributed by atoms with Gasteiger partial charge in [-0.25, -0.2) is 8.42 Å². The Morgan fingerprint density at radius 2 is 1.81 bits per heavy atom. The van der Waals surface area contributed by atoms with Crippen molar-refractivity contribution in [2.24, 2.45) is 5.92 Å². The summed E-state index contributed by atoms with van der Waals surface area (Å²) in [4.78, 5) is 12.6. The zero-order chi connectivity index (χ0) is 19.4. The van der Waals surface area contributed by atoms with E-state index in [4.69, 9.17) is 5.26 Å². The molecule has 2 aromatic rings. The van der Waals surface area contributed by atoms with Gasteiger partial charge in [0.25, 0.3) is 5.91 Å². The maximum atomic E-state index is 12.9. The molecule has 0 saturated carbocycles. The molecular formula is C20H21N3O3S. The monoisotopic (exact) mass is 383 g/mol. The fourth-order valence-corrected chi connectivity index (χ4v) is 4.52. The molecule has 1 aliphatic heterocycles. The van der Waals surface area contributed by atoms with Gasteiger partial charge in [-0.1, -0.05) is 13.0 Å². The SMILES string of the molecule is CC1CCN(S(=O)(=O)c2cccc(C(=O)Nc3ccc(C#N)cc3)c2)CC1. The summed E-state index contributed by atoms with van der Waals surface area (Å²) in [6, 6.07) is 14.6. The van der Waals surface area contributed by atoms with Crippen molar-refractivity contribution in [2.45, 2.75) is 24.7 Å². The molecule has 3 rings (SSSR count). The molecule has 0 bridgehead atoms. The molecule has 0 unspecified atom stereocenters. The number of anilines is 1. The lowest BCUT2D eigenvalue weighted by Crippen LogP contribution is -2.37. The first-order chi connectivity index (χ1) is 12.9. The van der Waals surface area contributed by atoms with E-state index < -0.39 is 15.9 Å². The summed E-state index contributed by atoms with van der Waals surface area (Å²) >= 11 is 0. The molecule has 0 aromatic heterocycles. The fourth-order valence-electron chi connectivity index (χ4n) is 3.00. The van der Waals surface area contributed by atoms with E-state index in [1.807, 2.05) is 6.07 Å². The first kappa shape index (κ1) is 19.1. The standard InChI is InChI=1S/C20H21N3O3S/c1-15-9-11-23(12-10-15)27(25,26)19-4-2-3-17(13-19)20(24)22-18-7-5-16(14-21)6-8-18/h2-8,13,15H,9-12H2,1H3,(H,22,24). The average molecular weight is 383 g/mol. The number of carbonyl (C=O) groups excluding carboxylic acids is 1. The summed E-state index contributed by atoms with van der Waals surface area (Å²) in [6.45, 7) is 3.13. The van der Waals surface area contributed by atoms with Gasteiger partial charge in [-0.05, 0) is 61.2 Å². The Morgan fingerprint density at radius 1 is 1.15 bits per heavy atom. The van der Waals surface area contributed by atoms with Crippen molar-refractivity contribution in [2.75, 3.05) is 18.4 Å². The second-order valence-corrected chi connectivity index (χ2v) is 8.70. The van der Waals surface area contributed by atoms with Crippen molar-refractivity contribution in [1.29, 1.82) is 5.26 Å². The van der Waals surface area contributed by atoms with Crippen LogP contribution in [0.2, 0.25) is 0 Å². The normalized spacial score (nSPS) is 15.9. The molecule has 140 valence electrons. The summed E-state index contributed by atoms with van der Waals surface area (Å²) < 4.78 is 27.2. The summed E-state index contributed by atoms with van der Waals surface area (Å²) in [5.74, 6) is 0.130. The van der Waals surface area contributed by atoms with Gasteiger partial charge in [0.2, 0.25) is 10.0 Å². The number of carbonyl (C=O) groups is 1. The maximum Gasteiger partial charge on any atom is 0.255 e. The molecule has 0 radical (unpaired) electrons. The number of hydrogen-bond donors (Lipinski definition) is 1. The Kier molecular flexibility index (Phi) is 5.59. The predicted molar refractivity (Wildman–Crippen MR) is 103 cm³/mol. The molecule has 1 fully saturated rings. The van der Waals surface area contributed by atoms with Gasteiger partial charge < -0.3 is 5.32 Å². The molecule has 0 spiro atoms. The van der Waals surface area contributed by atoms with Crippen LogP contribution >= 0.6 is 0 Å². The number of nitrogens with zero attached hydrogens (tertiary/aromatic N) is 2. The highest BCUT2D eigenvalue weighted by Gasteiger charge is 2.28. The summed E-state index contributed by atoms with van der Waals surface area (Å²) in [5.41, 5.74) is 1.31. The van der Waals surface area contributed by atoms with Crippen LogP contribution in [0.5, 0.6) is 0 Å². The number of nitrogens with one attached hydrogen (secondary N) is 1. The van der Waals surface area contributed by atoms with Crippen LogP contribution in [0.3, 0.4) is 0 Å². The molecule has 0 aliphatic carbocycles. The van der Waals surface area contributed by atoms with Crippen molar-refractivity contribution < 1.29 is 13.2 Å². The van der Waals surface area contributed by atoms with Crippen LogP contribution in [-0.4, -0.2) is 31.7 Å². The van der Waals surface area contributed by atoms with Crippen LogP contribution < -0.4 is 5.32 Å². The van der Waals surface area contributed by atoms with Gasteiger partial charge in [-0.2, -0.15) is 9.57 Å². The van der Waals surface area contributed by atoms with Crippen molar-refractivity contribution >= 4 is 21.6 Å². The quantitative estimate of drug-likeness (QED) is 0.878. The Labute approximate surface area is 159 Å². The number of sulfonamides is 1. The average Bonchev–Trinajstić information content (AvgIpc) is 2.69. The lowest BCUT2D eigenvalue weighted by molar-refractivity contribution is 0.102. The topological polar surface area (TPSA) is 90.3 Å². The van der Waals surface area contributed by atoms with Crippen LogP contribution in [-0.2, 0) is 10.0 Å². The number of piperidine rings is 1. The van der Waals surface area contributed by atoms with E-state index >= 15 is 0 Å². The predicted octanol–water partition coefficient (Wildman–Crippen LogP) is 3.23. The molecule has 1 heterocycles. The number of nitriles is 1. The third kappa shape index (κ3) is 4.35. The fraction of sp³-hybridized carbons (Fsp3) is 0.300. The summed E-state index contributed by atoms with van der Waals surface area (Å²) in [7, 11) is -3.61. The molecule has 27 heavy (non-hydrogen) atoms. The van der Waals surface area contributed by atoms with E-state index in [1.165, 1.54) is 16.4 Å². The van der Waals surface area contributed by atoms with Gasteiger partial charge in [-0.15, -0.1) is 0 Å². The third-order valence-corrected chi connectivity index (χ3v) is 6.64. The first-order valence-electron chi connectivity index (χ1n) is 8.82. The summed E-state index contributed by atoms with van der Waals surface area (Å²) in [5, 5.41) is 11.5. The minimum Gasteiger partial charge on any atom is -0.322 e. The Balaban J connectivity index is 1.78. The molecule has 6 nitrogen and oxygen atoms in total. The van der Waals surface area contributed by atoms with E-state index in [2.05, 4.69) is 12.2 Å². The van der Waals surface area contributed by atoms with E-state index in [9.17, 15) is 13.2 Å². The van der Waals surface area contributed by atoms with Crippen molar-refractivity contribution in [3.05, 3.63) is 59.7 Å². The van der Waals surface area contributed by atoms with Crippen molar-refractivity contribution in [1.82, 2.24) is 4.31 Å². The smallest absolute Gasteiger partial charge is 0.255 e. The van der Waals surface area contributed by atoms with E-state index in [0.29, 0.717) is 30.3 Å². The number of rotatable bonds is 4. The minimum atomic E-state index is -3.61. The molecule has 1 aliphatic rings. The highest BCUT2D eigenvalue weighted by Crippen LogP contribution is 2.24. The molecule has 1 saturated heterocycles. The van der Waals surface area contributed by atoms with Gasteiger partial charge in [0.15, 0.2) is 0 Å². The van der Waals surface area contributed by atoms with Crippen LogP contribution in [0.4, 0.5) is 5.69 Å². The molecule has 7 heteroatoms. The molecule has 0 atom stereocenters. The number of hydrogen-bond acceptors (Lipinski definition) is 4. The van der Waals surface area contributed by atoms with Crippen LogP contribution in [0.1, 0.15) is 35.7 Å². The molecule has 2 aromatic carbocycles. The summed E-state index contributed by atoms with van der Waals surface area (Å²) in [6.07, 6.45) is 1.69. The molecule has 1 N–H and O–H groups in total. The van der Waals surface area contributed by atoms with Crippen LogP contribution in [0, 0.1) is 17.2 Å². The number of benzene rings is 2. The number of amides is 1. The first-order valence-corrected chi connectivity index (χ1v) is 10.3. The van der Waals surface area contributed by atoms with Gasteiger partial charge >= 0.3 is 0 Å². The van der Waals surface area contributed by atoms with Gasteiger partial charge in [-0.3, -0.25) is 4.79 Å². The van der Waals surface area contributed by atoms with Gasteiger partial charge in [0, 0.05) is 24.3 Å². The van der Waals surface area contributed by atoms with Crippen molar-refractivity contribution in [3.8, 4) is 6.07 Å². The highest BCUT2D eigenvalue weighted by molar-refractivity contribution is 7.89. The highest BCUT2D eigenvalue weighted by atomic mass is 32.2. The molecular weight excluding hydrogens is 362 g/mol. The Morgan fingerprint density at radius 3 is 2.44 bits per heavy atom. The van der Waals surface area contributed by atoms with Crippen LogP contribution in [0.25, 0.3) is 0 Å². The van der Waals surface area contributed by atoms with Crippen molar-refractivity contribution in [3.63, 3.8) is 0 Å².